The van der Waals surface area contributed by atoms with Gasteiger partial charge in [-0.3, -0.25) is 0 Å². The summed E-state index contributed by atoms with van der Waals surface area (Å²) in [5.74, 6) is 0. The molecule has 0 unspecified atom stereocenters. The fraction of sp³-hybridized carbons (Fsp3) is 0.444. The average molecular weight is 843 g/mol. The van der Waals surface area contributed by atoms with Crippen LogP contribution in [0.1, 0.15) is 153 Å². The van der Waals surface area contributed by atoms with Crippen LogP contribution in [0.15, 0.2) is 97.1 Å². The number of rotatable bonds is 26. The second kappa shape index (κ2) is 23.1. The number of benzene rings is 3. The van der Waals surface area contributed by atoms with E-state index in [0.29, 0.717) is 0 Å². The highest BCUT2D eigenvalue weighted by Gasteiger charge is 2.21. The second-order valence-corrected chi connectivity index (χ2v) is 20.9. The summed E-state index contributed by atoms with van der Waals surface area (Å²) in [5.41, 5.74) is 5.88. The van der Waals surface area contributed by atoms with E-state index in [4.69, 9.17) is 0 Å². The van der Waals surface area contributed by atoms with Gasteiger partial charge in [-0.1, -0.05) is 190 Å². The standard InChI is InChI=1S/C54H66S4/c1-3-5-7-9-11-13-15-17-19-27-33-43-45-39-51(49-37-35-47(55-49)41-29-23-21-24-30-41)58-54(45)44(34-28-20-18-16-14-12-10-8-6-4-2)46-40-52(57-53(43)46)50-38-36-48(56-50)42-31-25-22-26-32-42/h21-26,29-32,35-40H,3-20,27-28,33-34H2,1-2H3. The van der Waals surface area contributed by atoms with Gasteiger partial charge in [0.1, 0.15) is 0 Å². The Morgan fingerprint density at radius 3 is 1.00 bits per heavy atom. The lowest BCUT2D eigenvalue weighted by Crippen LogP contribution is -1.93. The first-order chi connectivity index (χ1) is 28.7. The van der Waals surface area contributed by atoms with Crippen LogP contribution >= 0.6 is 45.3 Å². The van der Waals surface area contributed by atoms with Crippen molar-refractivity contribution in [2.75, 3.05) is 0 Å². The molecule has 0 amide bonds. The van der Waals surface area contributed by atoms with E-state index in [2.05, 4.69) is 134 Å². The highest BCUT2D eigenvalue weighted by Crippen LogP contribution is 2.49. The topological polar surface area (TPSA) is 0 Å². The van der Waals surface area contributed by atoms with Gasteiger partial charge in [0.25, 0.3) is 0 Å². The van der Waals surface area contributed by atoms with Crippen LogP contribution in [0.5, 0.6) is 0 Å². The molecule has 306 valence electrons. The van der Waals surface area contributed by atoms with E-state index >= 15 is 0 Å². The third-order valence-corrected chi connectivity index (χ3v) is 17.1. The average Bonchev–Trinajstić information content (AvgIpc) is 4.10. The van der Waals surface area contributed by atoms with Gasteiger partial charge in [-0.2, -0.15) is 0 Å². The lowest BCUT2D eigenvalue weighted by Gasteiger charge is -2.12. The molecule has 3 aromatic carbocycles. The van der Waals surface area contributed by atoms with Crippen molar-refractivity contribution in [3.8, 4) is 40.4 Å². The van der Waals surface area contributed by atoms with Gasteiger partial charge in [-0.05, 0) is 95.1 Å². The summed E-state index contributed by atoms with van der Waals surface area (Å²) in [6.45, 7) is 4.63. The number of hydrogen-bond acceptors (Lipinski definition) is 4. The Bertz CT molecular complexity index is 2010. The fourth-order valence-electron chi connectivity index (χ4n) is 8.70. The molecule has 0 saturated carbocycles. The Kier molecular flexibility index (Phi) is 17.2. The highest BCUT2D eigenvalue weighted by atomic mass is 32.1. The number of hydrogen-bond donors (Lipinski definition) is 0. The largest absolute Gasteiger partial charge is 0.134 e. The zero-order valence-electron chi connectivity index (χ0n) is 35.4. The highest BCUT2D eigenvalue weighted by molar-refractivity contribution is 7.28. The van der Waals surface area contributed by atoms with Crippen LogP contribution in [-0.2, 0) is 12.8 Å². The van der Waals surface area contributed by atoms with Crippen molar-refractivity contribution in [2.45, 2.75) is 155 Å². The second-order valence-electron chi connectivity index (χ2n) is 16.6. The van der Waals surface area contributed by atoms with Crippen molar-refractivity contribution in [2.24, 2.45) is 0 Å². The molecule has 0 atom stereocenters. The van der Waals surface area contributed by atoms with Gasteiger partial charge in [0.15, 0.2) is 0 Å². The Morgan fingerprint density at radius 1 is 0.310 bits per heavy atom. The van der Waals surface area contributed by atoms with Crippen LogP contribution in [0, 0.1) is 0 Å². The quantitative estimate of drug-likeness (QED) is 0.0477. The number of fused-ring (bicyclic) bond motifs is 2. The number of thiophene rings is 4. The smallest absolute Gasteiger partial charge is 0.0455 e. The van der Waals surface area contributed by atoms with Crippen LogP contribution in [0.3, 0.4) is 0 Å². The minimum atomic E-state index is 1.18. The molecule has 4 heteroatoms. The maximum Gasteiger partial charge on any atom is 0.0455 e. The fourth-order valence-corrected chi connectivity index (χ4v) is 13.4. The van der Waals surface area contributed by atoms with Gasteiger partial charge >= 0.3 is 0 Å². The van der Waals surface area contributed by atoms with Crippen molar-refractivity contribution in [1.29, 1.82) is 0 Å². The van der Waals surface area contributed by atoms with E-state index in [-0.39, 0.29) is 0 Å². The molecular weight excluding hydrogens is 777 g/mol. The van der Waals surface area contributed by atoms with Crippen LogP contribution < -0.4 is 0 Å². The summed E-state index contributed by atoms with van der Waals surface area (Å²) >= 11 is 8.07. The first-order valence-electron chi connectivity index (χ1n) is 23.1. The summed E-state index contributed by atoms with van der Waals surface area (Å²) in [4.78, 5) is 8.43. The van der Waals surface area contributed by atoms with E-state index in [1.165, 1.54) is 182 Å². The molecule has 0 spiro atoms. The van der Waals surface area contributed by atoms with Crippen molar-refractivity contribution in [3.05, 3.63) is 108 Å². The molecule has 0 aliphatic heterocycles. The molecule has 0 radical (unpaired) electrons. The van der Waals surface area contributed by atoms with Crippen molar-refractivity contribution >= 4 is 65.5 Å². The number of aryl methyl sites for hydroxylation is 2. The molecule has 0 aliphatic rings. The predicted octanol–water partition coefficient (Wildman–Crippen LogP) is 19.8. The lowest BCUT2D eigenvalue weighted by atomic mass is 9.94. The molecule has 0 aliphatic carbocycles. The molecule has 7 aromatic rings. The molecular formula is C54H66S4. The Hall–Kier alpha value is -3.02. The van der Waals surface area contributed by atoms with Crippen LogP contribution in [0.25, 0.3) is 60.6 Å². The Balaban J connectivity index is 1.18. The minimum Gasteiger partial charge on any atom is -0.134 e. The first-order valence-corrected chi connectivity index (χ1v) is 26.3. The van der Waals surface area contributed by atoms with Gasteiger partial charge in [0, 0.05) is 38.7 Å². The Morgan fingerprint density at radius 2 is 0.638 bits per heavy atom. The van der Waals surface area contributed by atoms with E-state index in [0.717, 1.165) is 0 Å². The molecule has 0 bridgehead atoms. The van der Waals surface area contributed by atoms with Crippen LogP contribution in [0.2, 0.25) is 0 Å². The zero-order valence-corrected chi connectivity index (χ0v) is 38.7. The predicted molar refractivity (Wildman–Crippen MR) is 266 cm³/mol. The monoisotopic (exact) mass is 842 g/mol. The van der Waals surface area contributed by atoms with Crippen LogP contribution in [0.4, 0.5) is 0 Å². The molecule has 0 N–H and O–H groups in total. The molecule has 7 rings (SSSR count). The maximum absolute atomic E-state index is 2.60. The minimum absolute atomic E-state index is 1.18. The molecule has 0 fully saturated rings. The van der Waals surface area contributed by atoms with Gasteiger partial charge in [-0.25, -0.2) is 0 Å². The van der Waals surface area contributed by atoms with E-state index in [1.807, 2.05) is 22.7 Å². The first kappa shape index (κ1) is 43.1. The number of unbranched alkanes of at least 4 members (excludes halogenated alkanes) is 18. The molecule has 4 aromatic heterocycles. The summed E-state index contributed by atoms with van der Waals surface area (Å²) in [6, 6.07) is 36.5. The molecule has 4 heterocycles. The summed E-state index contributed by atoms with van der Waals surface area (Å²) in [7, 11) is 0. The maximum atomic E-state index is 2.60. The lowest BCUT2D eigenvalue weighted by molar-refractivity contribution is 0.556. The normalized spacial score (nSPS) is 11.8. The summed E-state index contributed by atoms with van der Waals surface area (Å²) in [5, 5.41) is 3.09. The molecule has 58 heavy (non-hydrogen) atoms. The van der Waals surface area contributed by atoms with Gasteiger partial charge < -0.3 is 0 Å². The third kappa shape index (κ3) is 11.6. The molecule has 0 saturated heterocycles. The van der Waals surface area contributed by atoms with Crippen molar-refractivity contribution in [1.82, 2.24) is 0 Å². The summed E-state index contributed by atoms with van der Waals surface area (Å²) < 4.78 is 3.13. The van der Waals surface area contributed by atoms with E-state index in [9.17, 15) is 0 Å². The molecule has 0 nitrogen and oxygen atoms in total. The third-order valence-electron chi connectivity index (χ3n) is 12.0. The summed E-state index contributed by atoms with van der Waals surface area (Å²) in [6.07, 6.45) is 29.9. The zero-order chi connectivity index (χ0) is 39.8. The Labute approximate surface area is 366 Å². The van der Waals surface area contributed by atoms with E-state index in [1.54, 1.807) is 31.3 Å². The van der Waals surface area contributed by atoms with E-state index < -0.39 is 0 Å². The van der Waals surface area contributed by atoms with Gasteiger partial charge in [-0.15, -0.1) is 45.3 Å². The SMILES string of the molecule is CCCCCCCCCCCCc1c2cc(-c3ccc(-c4ccccc4)s3)sc2c(CCCCCCCCCCCC)c2cc(-c3ccc(-c4ccccc4)s3)sc12. The van der Waals surface area contributed by atoms with Gasteiger partial charge in [0.2, 0.25) is 0 Å². The van der Waals surface area contributed by atoms with Gasteiger partial charge in [0.05, 0.1) is 0 Å². The van der Waals surface area contributed by atoms with Crippen molar-refractivity contribution in [3.63, 3.8) is 0 Å². The van der Waals surface area contributed by atoms with Crippen molar-refractivity contribution < 1.29 is 0 Å². The van der Waals surface area contributed by atoms with Crippen LogP contribution in [-0.4, -0.2) is 0 Å².